The second kappa shape index (κ2) is 5.88. The molecule has 0 atom stereocenters. The van der Waals surface area contributed by atoms with Crippen LogP contribution in [0.25, 0.3) is 0 Å². The van der Waals surface area contributed by atoms with Crippen molar-refractivity contribution in [3.8, 4) is 0 Å². The third-order valence-electron chi connectivity index (χ3n) is 3.05. The maximum Gasteiger partial charge on any atom is -0.00349 e. The van der Waals surface area contributed by atoms with Gasteiger partial charge in [0.15, 0.2) is 0 Å². The standard InChI is InChI=1S/C14H22/c1-4-5-6-7-10-14-11-8-9-12(2)13(14)3/h7H,4-6,8-9,11H2,1-3H3. The van der Waals surface area contributed by atoms with E-state index in [4.69, 9.17) is 0 Å². The Labute approximate surface area is 88.4 Å². The van der Waals surface area contributed by atoms with E-state index in [1.165, 1.54) is 49.7 Å². The zero-order chi connectivity index (χ0) is 10.4. The molecule has 0 fully saturated rings. The molecule has 0 amide bonds. The zero-order valence-corrected chi connectivity index (χ0v) is 9.82. The SMILES string of the molecule is CCCCC=C=C1CCCC(C)=C1C. The summed E-state index contributed by atoms with van der Waals surface area (Å²) in [4.78, 5) is 0. The Morgan fingerprint density at radius 1 is 1.29 bits per heavy atom. The fourth-order valence-corrected chi connectivity index (χ4v) is 1.84. The number of allylic oxidation sites excluding steroid dienone is 3. The first-order valence-corrected chi connectivity index (χ1v) is 5.86. The Hall–Kier alpha value is -0.740. The molecule has 0 nitrogen and oxygen atoms in total. The van der Waals surface area contributed by atoms with Gasteiger partial charge in [0.25, 0.3) is 0 Å². The lowest BCUT2D eigenvalue weighted by atomic mass is 9.89. The van der Waals surface area contributed by atoms with E-state index in [2.05, 4.69) is 32.6 Å². The van der Waals surface area contributed by atoms with Crippen molar-refractivity contribution in [2.45, 2.75) is 59.3 Å². The fraction of sp³-hybridized carbons (Fsp3) is 0.643. The highest BCUT2D eigenvalue weighted by molar-refractivity contribution is 5.35. The molecule has 78 valence electrons. The maximum atomic E-state index is 3.47. The van der Waals surface area contributed by atoms with E-state index < -0.39 is 0 Å². The molecular weight excluding hydrogens is 168 g/mol. The van der Waals surface area contributed by atoms with Crippen LogP contribution in [0.5, 0.6) is 0 Å². The van der Waals surface area contributed by atoms with Gasteiger partial charge in [0.05, 0.1) is 0 Å². The summed E-state index contributed by atoms with van der Waals surface area (Å²) in [6, 6.07) is 0. The normalized spacial score (nSPS) is 16.9. The van der Waals surface area contributed by atoms with Gasteiger partial charge in [0, 0.05) is 0 Å². The minimum atomic E-state index is 1.19. The molecule has 0 radical (unpaired) electrons. The van der Waals surface area contributed by atoms with Crippen molar-refractivity contribution in [3.63, 3.8) is 0 Å². The van der Waals surface area contributed by atoms with Gasteiger partial charge in [-0.25, -0.2) is 0 Å². The van der Waals surface area contributed by atoms with Crippen LogP contribution in [0.1, 0.15) is 59.3 Å². The van der Waals surface area contributed by atoms with Crippen LogP contribution in [0.2, 0.25) is 0 Å². The van der Waals surface area contributed by atoms with Gasteiger partial charge in [-0.2, -0.15) is 0 Å². The molecule has 0 heteroatoms. The van der Waals surface area contributed by atoms with Crippen LogP contribution in [0.3, 0.4) is 0 Å². The third-order valence-corrected chi connectivity index (χ3v) is 3.05. The summed E-state index contributed by atoms with van der Waals surface area (Å²) in [5.41, 5.74) is 7.97. The molecule has 1 aliphatic rings. The Kier molecular flexibility index (Phi) is 4.76. The van der Waals surface area contributed by atoms with E-state index in [0.717, 1.165) is 0 Å². The summed E-state index contributed by atoms with van der Waals surface area (Å²) in [7, 11) is 0. The van der Waals surface area contributed by atoms with Gasteiger partial charge in [-0.05, 0) is 63.2 Å². The van der Waals surface area contributed by atoms with E-state index in [1.54, 1.807) is 5.57 Å². The average Bonchev–Trinajstić information content (AvgIpc) is 2.19. The molecule has 0 saturated carbocycles. The van der Waals surface area contributed by atoms with E-state index in [0.29, 0.717) is 0 Å². The summed E-state index contributed by atoms with van der Waals surface area (Å²) in [5, 5.41) is 0. The van der Waals surface area contributed by atoms with Gasteiger partial charge >= 0.3 is 0 Å². The van der Waals surface area contributed by atoms with E-state index in [9.17, 15) is 0 Å². The zero-order valence-electron chi connectivity index (χ0n) is 9.82. The summed E-state index contributed by atoms with van der Waals surface area (Å²) < 4.78 is 0. The van der Waals surface area contributed by atoms with Crippen LogP contribution in [-0.2, 0) is 0 Å². The molecule has 0 aromatic carbocycles. The van der Waals surface area contributed by atoms with Crippen molar-refractivity contribution >= 4 is 0 Å². The van der Waals surface area contributed by atoms with E-state index in [-0.39, 0.29) is 0 Å². The van der Waals surface area contributed by atoms with E-state index >= 15 is 0 Å². The predicted molar refractivity (Wildman–Crippen MR) is 63.3 cm³/mol. The van der Waals surface area contributed by atoms with Gasteiger partial charge in [-0.3, -0.25) is 0 Å². The Balaban J connectivity index is 2.67. The molecule has 0 unspecified atom stereocenters. The predicted octanol–water partition coefficient (Wildman–Crippen LogP) is 4.78. The van der Waals surface area contributed by atoms with Gasteiger partial charge < -0.3 is 0 Å². The highest BCUT2D eigenvalue weighted by Gasteiger charge is 2.09. The monoisotopic (exact) mass is 190 g/mol. The van der Waals surface area contributed by atoms with Crippen molar-refractivity contribution < 1.29 is 0 Å². The molecule has 0 saturated heterocycles. The van der Waals surface area contributed by atoms with Crippen molar-refractivity contribution in [3.05, 3.63) is 28.5 Å². The molecule has 0 aromatic rings. The minimum absolute atomic E-state index is 1.19. The van der Waals surface area contributed by atoms with Crippen LogP contribution >= 0.6 is 0 Å². The van der Waals surface area contributed by atoms with Crippen molar-refractivity contribution in [2.75, 3.05) is 0 Å². The summed E-state index contributed by atoms with van der Waals surface area (Å²) in [5.74, 6) is 0. The smallest absolute Gasteiger partial charge is 0.00349 e. The maximum absolute atomic E-state index is 3.47. The summed E-state index contributed by atoms with van der Waals surface area (Å²) in [6.45, 7) is 6.73. The molecule has 0 N–H and O–H groups in total. The molecule has 0 aliphatic heterocycles. The van der Waals surface area contributed by atoms with Crippen molar-refractivity contribution in [2.24, 2.45) is 0 Å². The second-order valence-corrected chi connectivity index (χ2v) is 4.23. The molecular formula is C14H22. The highest BCUT2D eigenvalue weighted by Crippen LogP contribution is 2.27. The minimum Gasteiger partial charge on any atom is -0.121 e. The van der Waals surface area contributed by atoms with Crippen LogP contribution in [0, 0.1) is 0 Å². The lowest BCUT2D eigenvalue weighted by molar-refractivity contribution is 0.762. The Bertz CT molecular complexity index is 272. The first-order valence-electron chi connectivity index (χ1n) is 5.86. The quantitative estimate of drug-likeness (QED) is 0.444. The van der Waals surface area contributed by atoms with Crippen molar-refractivity contribution in [1.29, 1.82) is 0 Å². The number of hydrogen-bond acceptors (Lipinski definition) is 0. The van der Waals surface area contributed by atoms with Crippen molar-refractivity contribution in [1.82, 2.24) is 0 Å². The van der Waals surface area contributed by atoms with Gasteiger partial charge in [0.1, 0.15) is 0 Å². The van der Waals surface area contributed by atoms with E-state index in [1.807, 2.05) is 0 Å². The van der Waals surface area contributed by atoms with Crippen LogP contribution in [0.4, 0.5) is 0 Å². The number of rotatable bonds is 3. The van der Waals surface area contributed by atoms with Gasteiger partial charge in [0.2, 0.25) is 0 Å². The molecule has 1 rings (SSSR count). The first-order chi connectivity index (χ1) is 6.75. The second-order valence-electron chi connectivity index (χ2n) is 4.23. The molecule has 0 aromatic heterocycles. The Morgan fingerprint density at radius 3 is 2.79 bits per heavy atom. The van der Waals surface area contributed by atoms with Gasteiger partial charge in [-0.1, -0.05) is 18.9 Å². The topological polar surface area (TPSA) is 0 Å². The molecule has 0 bridgehead atoms. The summed E-state index contributed by atoms with van der Waals surface area (Å²) >= 11 is 0. The van der Waals surface area contributed by atoms with Crippen LogP contribution in [-0.4, -0.2) is 0 Å². The Morgan fingerprint density at radius 2 is 2.07 bits per heavy atom. The van der Waals surface area contributed by atoms with Gasteiger partial charge in [-0.15, -0.1) is 5.73 Å². The molecule has 0 heterocycles. The lowest BCUT2D eigenvalue weighted by Crippen LogP contribution is -1.97. The number of unbranched alkanes of at least 4 members (excludes halogenated alkanes) is 2. The molecule has 1 aliphatic carbocycles. The van der Waals surface area contributed by atoms with Crippen LogP contribution in [0.15, 0.2) is 28.5 Å². The first kappa shape index (κ1) is 11.3. The number of hydrogen-bond donors (Lipinski definition) is 0. The third kappa shape index (κ3) is 3.20. The fourth-order valence-electron chi connectivity index (χ4n) is 1.84. The highest BCUT2D eigenvalue weighted by atomic mass is 14.1. The summed E-state index contributed by atoms with van der Waals surface area (Å²) in [6.07, 6.45) is 9.81. The molecule has 0 spiro atoms. The molecule has 14 heavy (non-hydrogen) atoms. The largest absolute Gasteiger partial charge is 0.121 e. The lowest BCUT2D eigenvalue weighted by Gasteiger charge is -2.15. The van der Waals surface area contributed by atoms with Crippen LogP contribution < -0.4 is 0 Å². The average molecular weight is 190 g/mol.